The summed E-state index contributed by atoms with van der Waals surface area (Å²) >= 11 is 6.69. The molecule has 1 aliphatic rings. The van der Waals surface area contributed by atoms with E-state index in [-0.39, 0.29) is 6.29 Å². The second-order valence-electron chi connectivity index (χ2n) is 8.64. The molecule has 160 valence electrons. The average molecular weight is 429 g/mol. The molecule has 1 aromatic rings. The van der Waals surface area contributed by atoms with Crippen LogP contribution in [0.3, 0.4) is 0 Å². The predicted octanol–water partition coefficient (Wildman–Crippen LogP) is 6.95. The molecule has 1 saturated heterocycles. The maximum atomic E-state index is 6.81. The van der Waals surface area contributed by atoms with E-state index in [0.717, 1.165) is 31.4 Å². The highest BCUT2D eigenvalue weighted by Crippen LogP contribution is 2.47. The number of ether oxygens (including phenoxy) is 3. The van der Waals surface area contributed by atoms with Gasteiger partial charge in [0.25, 0.3) is 8.32 Å². The van der Waals surface area contributed by atoms with Gasteiger partial charge in [0, 0.05) is 6.61 Å². The molecule has 0 aromatic heterocycles. The monoisotopic (exact) mass is 428 g/mol. The molecule has 1 atom stereocenters. The molecule has 0 N–H and O–H groups in total. The summed E-state index contributed by atoms with van der Waals surface area (Å²) in [6.07, 6.45) is 3.07. The van der Waals surface area contributed by atoms with Gasteiger partial charge < -0.3 is 18.6 Å². The van der Waals surface area contributed by atoms with Crippen molar-refractivity contribution < 1.29 is 18.6 Å². The van der Waals surface area contributed by atoms with Crippen LogP contribution >= 0.6 is 11.6 Å². The van der Waals surface area contributed by atoms with Crippen molar-refractivity contribution in [3.8, 4) is 11.5 Å². The van der Waals surface area contributed by atoms with Gasteiger partial charge in [0.1, 0.15) is 0 Å². The van der Waals surface area contributed by atoms with Gasteiger partial charge in [-0.3, -0.25) is 0 Å². The van der Waals surface area contributed by atoms with E-state index in [0.29, 0.717) is 39.8 Å². The number of methoxy groups -OCH3 is 1. The molecule has 1 unspecified atom stereocenters. The minimum atomic E-state index is -2.13. The normalized spacial score (nSPS) is 18.2. The third-order valence-corrected chi connectivity index (χ3v) is 12.1. The van der Waals surface area contributed by atoms with Crippen LogP contribution in [0.2, 0.25) is 21.6 Å². The molecular formula is C22H37ClO4Si. The Morgan fingerprint density at radius 2 is 1.71 bits per heavy atom. The lowest BCUT2D eigenvalue weighted by molar-refractivity contribution is -0.168. The minimum absolute atomic E-state index is 0.127. The third kappa shape index (κ3) is 5.24. The van der Waals surface area contributed by atoms with Gasteiger partial charge in [-0.15, -0.1) is 0 Å². The summed E-state index contributed by atoms with van der Waals surface area (Å²) in [5.74, 6) is 1.35. The van der Waals surface area contributed by atoms with E-state index >= 15 is 0 Å². The van der Waals surface area contributed by atoms with Gasteiger partial charge in [0.05, 0.1) is 18.7 Å². The maximum absolute atomic E-state index is 6.81. The zero-order valence-electron chi connectivity index (χ0n) is 18.5. The molecule has 1 aromatic carbocycles. The molecule has 0 amide bonds. The van der Waals surface area contributed by atoms with E-state index in [1.807, 2.05) is 12.1 Å². The van der Waals surface area contributed by atoms with Gasteiger partial charge in [-0.05, 0) is 53.6 Å². The Bertz CT molecular complexity index is 605. The van der Waals surface area contributed by atoms with Crippen LogP contribution in [0.25, 0.3) is 0 Å². The van der Waals surface area contributed by atoms with E-state index in [4.69, 9.17) is 30.2 Å². The van der Waals surface area contributed by atoms with E-state index < -0.39 is 8.32 Å². The molecule has 2 rings (SSSR count). The molecule has 0 saturated carbocycles. The predicted molar refractivity (Wildman–Crippen MR) is 118 cm³/mol. The Morgan fingerprint density at radius 1 is 1.07 bits per heavy atom. The summed E-state index contributed by atoms with van der Waals surface area (Å²) in [5.41, 5.74) is 2.34. The first-order chi connectivity index (χ1) is 13.2. The number of benzene rings is 1. The van der Waals surface area contributed by atoms with E-state index in [1.165, 1.54) is 0 Å². The first-order valence-electron chi connectivity index (χ1n) is 10.5. The number of rotatable bonds is 9. The highest BCUT2D eigenvalue weighted by atomic mass is 35.5. The van der Waals surface area contributed by atoms with Gasteiger partial charge in [0.2, 0.25) is 0 Å². The Balaban J connectivity index is 2.26. The van der Waals surface area contributed by atoms with E-state index in [1.54, 1.807) is 7.11 Å². The van der Waals surface area contributed by atoms with Crippen LogP contribution in [-0.4, -0.2) is 28.3 Å². The number of hydrogen-bond donors (Lipinski definition) is 0. The van der Waals surface area contributed by atoms with E-state index in [9.17, 15) is 0 Å². The highest BCUT2D eigenvalue weighted by molar-refractivity contribution is 6.78. The van der Waals surface area contributed by atoms with Crippen LogP contribution in [0.1, 0.15) is 66.4 Å². The molecule has 1 heterocycles. The molecule has 4 nitrogen and oxygen atoms in total. The van der Waals surface area contributed by atoms with Crippen LogP contribution in [0, 0.1) is 0 Å². The molecule has 1 aliphatic heterocycles. The quantitative estimate of drug-likeness (QED) is 0.399. The lowest BCUT2D eigenvalue weighted by atomic mass is 10.2. The van der Waals surface area contributed by atoms with Crippen molar-refractivity contribution >= 4 is 19.9 Å². The fourth-order valence-electron chi connectivity index (χ4n) is 4.52. The van der Waals surface area contributed by atoms with Gasteiger partial charge in [-0.2, -0.15) is 0 Å². The van der Waals surface area contributed by atoms with Gasteiger partial charge in [-0.1, -0.05) is 53.1 Å². The summed E-state index contributed by atoms with van der Waals surface area (Å²) in [6, 6.07) is 3.91. The standard InChI is InChI=1S/C22H37ClO4Si/c1-15(2)28(16(3)4,17(5)6)27-22-19(23)12-18(13-20(22)24-7)14-26-21-10-8-9-11-25-21/h12-13,15-17,21H,8-11,14H2,1-7H3. The zero-order chi connectivity index (χ0) is 20.9. The molecular weight excluding hydrogens is 392 g/mol. The summed E-state index contributed by atoms with van der Waals surface area (Å²) in [7, 11) is -0.462. The van der Waals surface area contributed by atoms with Crippen LogP contribution in [-0.2, 0) is 16.1 Å². The fraction of sp³-hybridized carbons (Fsp3) is 0.727. The van der Waals surface area contributed by atoms with Crippen molar-refractivity contribution in [1.82, 2.24) is 0 Å². The zero-order valence-corrected chi connectivity index (χ0v) is 20.3. The highest BCUT2D eigenvalue weighted by Gasteiger charge is 2.47. The fourth-order valence-corrected chi connectivity index (χ4v) is 10.1. The van der Waals surface area contributed by atoms with Crippen molar-refractivity contribution in [3.05, 3.63) is 22.7 Å². The SMILES string of the molecule is COc1cc(COC2CCCCO2)cc(Cl)c1O[Si](C(C)C)(C(C)C)C(C)C. The van der Waals surface area contributed by atoms with Crippen molar-refractivity contribution in [3.63, 3.8) is 0 Å². The van der Waals surface area contributed by atoms with Gasteiger partial charge >= 0.3 is 0 Å². The Morgan fingerprint density at radius 3 is 2.21 bits per heavy atom. The Labute approximate surface area is 177 Å². The second-order valence-corrected chi connectivity index (χ2v) is 14.4. The molecule has 0 spiro atoms. The summed E-state index contributed by atoms with van der Waals surface area (Å²) in [5, 5.41) is 0.585. The average Bonchev–Trinajstić information content (AvgIpc) is 2.65. The van der Waals surface area contributed by atoms with Crippen LogP contribution < -0.4 is 9.16 Å². The molecule has 0 radical (unpaired) electrons. The van der Waals surface area contributed by atoms with Gasteiger partial charge in [-0.25, -0.2) is 0 Å². The van der Waals surface area contributed by atoms with Crippen molar-refractivity contribution in [2.45, 2.75) is 90.3 Å². The molecule has 0 bridgehead atoms. The largest absolute Gasteiger partial charge is 0.539 e. The number of halogens is 1. The Kier molecular flexibility index (Phi) is 8.68. The van der Waals surface area contributed by atoms with Crippen molar-refractivity contribution in [2.24, 2.45) is 0 Å². The molecule has 6 heteroatoms. The summed E-state index contributed by atoms with van der Waals surface area (Å²) in [6.45, 7) is 14.8. The number of hydrogen-bond acceptors (Lipinski definition) is 4. The topological polar surface area (TPSA) is 36.9 Å². The lowest BCUT2D eigenvalue weighted by Crippen LogP contribution is -2.50. The molecule has 1 fully saturated rings. The van der Waals surface area contributed by atoms with Crippen LogP contribution in [0.5, 0.6) is 11.5 Å². The minimum Gasteiger partial charge on any atom is -0.539 e. The van der Waals surface area contributed by atoms with Crippen LogP contribution in [0.4, 0.5) is 0 Å². The first kappa shape index (κ1) is 23.5. The Hall–Kier alpha value is -0.753. The molecule has 0 aliphatic carbocycles. The molecule has 28 heavy (non-hydrogen) atoms. The summed E-state index contributed by atoms with van der Waals surface area (Å²) in [4.78, 5) is 0. The third-order valence-electron chi connectivity index (χ3n) is 5.85. The van der Waals surface area contributed by atoms with E-state index in [2.05, 4.69) is 41.5 Å². The van der Waals surface area contributed by atoms with Gasteiger partial charge in [0.15, 0.2) is 17.8 Å². The maximum Gasteiger partial charge on any atom is 0.258 e. The van der Waals surface area contributed by atoms with Crippen molar-refractivity contribution in [2.75, 3.05) is 13.7 Å². The van der Waals surface area contributed by atoms with Crippen molar-refractivity contribution in [1.29, 1.82) is 0 Å². The lowest BCUT2D eigenvalue weighted by Gasteiger charge is -2.42. The smallest absolute Gasteiger partial charge is 0.258 e. The second kappa shape index (κ2) is 10.3. The van der Waals surface area contributed by atoms with Crippen LogP contribution in [0.15, 0.2) is 12.1 Å². The summed E-state index contributed by atoms with van der Waals surface area (Å²) < 4.78 is 24.0. The first-order valence-corrected chi connectivity index (χ1v) is 13.0.